The number of nitrogens with one attached hydrogen (secondary N) is 3. The Morgan fingerprint density at radius 3 is 2.28 bits per heavy atom. The molecular weight excluding hydrogens is 480 g/mol. The maximum Gasteiger partial charge on any atom is 0.269 e. The van der Waals surface area contributed by atoms with Gasteiger partial charge in [0.1, 0.15) is 5.82 Å². The molecule has 0 saturated carbocycles. The summed E-state index contributed by atoms with van der Waals surface area (Å²) in [5.74, 6) is -2.13. The first-order valence-electron chi connectivity index (χ1n) is 9.07. The topological polar surface area (TPSA) is 104 Å². The molecule has 2 amide bonds. The highest BCUT2D eigenvalue weighted by Gasteiger charge is 2.18. The molecule has 0 aromatic heterocycles. The lowest BCUT2D eigenvalue weighted by Gasteiger charge is -2.11. The monoisotopic (exact) mass is 495 g/mol. The van der Waals surface area contributed by atoms with E-state index in [0.29, 0.717) is 0 Å². The van der Waals surface area contributed by atoms with Crippen LogP contribution in [0.3, 0.4) is 0 Å². The number of halogens is 3. The normalized spacial score (nSPS) is 11.0. The van der Waals surface area contributed by atoms with Crippen LogP contribution in [0.2, 0.25) is 10.0 Å². The van der Waals surface area contributed by atoms with Crippen LogP contribution in [0.25, 0.3) is 0 Å². The van der Waals surface area contributed by atoms with E-state index in [-0.39, 0.29) is 31.8 Å². The first-order chi connectivity index (χ1) is 15.2. The van der Waals surface area contributed by atoms with Gasteiger partial charge in [-0.15, -0.1) is 0 Å². The van der Waals surface area contributed by atoms with Gasteiger partial charge in [0.25, 0.3) is 15.9 Å². The van der Waals surface area contributed by atoms with Crippen molar-refractivity contribution < 1.29 is 22.4 Å². The zero-order chi connectivity index (χ0) is 23.3. The summed E-state index contributed by atoms with van der Waals surface area (Å²) in [4.78, 5) is 24.2. The van der Waals surface area contributed by atoms with Crippen molar-refractivity contribution in [2.45, 2.75) is 11.3 Å². The molecule has 3 aromatic rings. The molecule has 0 atom stereocenters. The van der Waals surface area contributed by atoms with Crippen LogP contribution in [0, 0.1) is 5.82 Å². The summed E-state index contributed by atoms with van der Waals surface area (Å²) in [6, 6.07) is 15.5. The van der Waals surface area contributed by atoms with Crippen LogP contribution in [-0.2, 0) is 21.2 Å². The predicted molar refractivity (Wildman–Crippen MR) is 119 cm³/mol. The van der Waals surface area contributed by atoms with Gasteiger partial charge < -0.3 is 0 Å². The van der Waals surface area contributed by atoms with Crippen molar-refractivity contribution >= 4 is 50.7 Å². The van der Waals surface area contributed by atoms with Crippen LogP contribution in [0.4, 0.5) is 10.1 Å². The average Bonchev–Trinajstić information content (AvgIpc) is 2.76. The van der Waals surface area contributed by atoms with Crippen LogP contribution in [0.5, 0.6) is 0 Å². The number of para-hydroxylation sites is 1. The first-order valence-corrected chi connectivity index (χ1v) is 11.3. The molecule has 11 heteroatoms. The number of benzene rings is 3. The zero-order valence-electron chi connectivity index (χ0n) is 16.2. The van der Waals surface area contributed by atoms with Crippen molar-refractivity contribution in [1.82, 2.24) is 10.9 Å². The van der Waals surface area contributed by atoms with Gasteiger partial charge in [0.05, 0.1) is 22.0 Å². The molecule has 166 valence electrons. The van der Waals surface area contributed by atoms with Gasteiger partial charge >= 0.3 is 0 Å². The lowest BCUT2D eigenvalue weighted by molar-refractivity contribution is -0.121. The highest BCUT2D eigenvalue weighted by molar-refractivity contribution is 7.92. The lowest BCUT2D eigenvalue weighted by atomic mass is 10.1. The summed E-state index contributed by atoms with van der Waals surface area (Å²) in [5.41, 5.74) is 4.44. The van der Waals surface area contributed by atoms with E-state index in [2.05, 4.69) is 15.6 Å². The third kappa shape index (κ3) is 5.76. The van der Waals surface area contributed by atoms with E-state index in [0.717, 1.165) is 12.1 Å². The fraction of sp³-hybridized carbons (Fsp3) is 0.0476. The molecule has 0 bridgehead atoms. The fourth-order valence-electron chi connectivity index (χ4n) is 2.66. The molecule has 0 radical (unpaired) electrons. The molecule has 3 rings (SSSR count). The molecule has 32 heavy (non-hydrogen) atoms. The van der Waals surface area contributed by atoms with Crippen molar-refractivity contribution in [3.05, 3.63) is 93.7 Å². The zero-order valence-corrected chi connectivity index (χ0v) is 18.6. The summed E-state index contributed by atoms with van der Waals surface area (Å²) in [6.45, 7) is 0. The van der Waals surface area contributed by atoms with E-state index in [4.69, 9.17) is 23.2 Å². The number of anilines is 1. The molecule has 3 aromatic carbocycles. The molecule has 7 nitrogen and oxygen atoms in total. The Bertz CT molecular complexity index is 1270. The van der Waals surface area contributed by atoms with E-state index in [1.54, 1.807) is 12.1 Å². The standard InChI is InChI=1S/C21H16Cl2FN3O4S/c22-16-8-4-9-18(24)15(16)12-20(28)25-26-21(29)13-5-3-6-14(11-13)32(30,31)27-19-10-2-1-7-17(19)23/h1-11,27H,12H2,(H,25,28)(H,26,29). The Morgan fingerprint density at radius 2 is 1.56 bits per heavy atom. The number of hydrogen-bond acceptors (Lipinski definition) is 4. The van der Waals surface area contributed by atoms with E-state index in [1.165, 1.54) is 42.5 Å². The van der Waals surface area contributed by atoms with Crippen molar-refractivity contribution in [2.24, 2.45) is 0 Å². The Kier molecular flexibility index (Phi) is 7.34. The van der Waals surface area contributed by atoms with Crippen LogP contribution in [0.15, 0.2) is 71.6 Å². The minimum atomic E-state index is -4.03. The maximum atomic E-state index is 13.8. The van der Waals surface area contributed by atoms with E-state index in [9.17, 15) is 22.4 Å². The van der Waals surface area contributed by atoms with Crippen LogP contribution < -0.4 is 15.6 Å². The Morgan fingerprint density at radius 1 is 0.875 bits per heavy atom. The second-order valence-electron chi connectivity index (χ2n) is 6.49. The molecule has 0 aliphatic rings. The number of sulfonamides is 1. The maximum absolute atomic E-state index is 13.8. The fourth-order valence-corrected chi connectivity index (χ4v) is 4.25. The van der Waals surface area contributed by atoms with E-state index >= 15 is 0 Å². The molecule has 0 unspecified atom stereocenters. The Hall–Kier alpha value is -3.14. The lowest BCUT2D eigenvalue weighted by Crippen LogP contribution is -2.42. The largest absolute Gasteiger partial charge is 0.278 e. The van der Waals surface area contributed by atoms with Crippen molar-refractivity contribution in [3.8, 4) is 0 Å². The molecule has 0 spiro atoms. The van der Waals surface area contributed by atoms with Crippen molar-refractivity contribution in [2.75, 3.05) is 4.72 Å². The highest BCUT2D eigenvalue weighted by Crippen LogP contribution is 2.24. The number of amides is 2. The molecule has 0 aliphatic carbocycles. The molecular formula is C21H16Cl2FN3O4S. The quantitative estimate of drug-likeness (QED) is 0.450. The summed E-state index contributed by atoms with van der Waals surface area (Å²) < 4.78 is 41.4. The van der Waals surface area contributed by atoms with Gasteiger partial charge in [0, 0.05) is 16.1 Å². The Labute approximate surface area is 193 Å². The second-order valence-corrected chi connectivity index (χ2v) is 8.99. The third-order valence-electron chi connectivity index (χ3n) is 4.24. The van der Waals surface area contributed by atoms with Gasteiger partial charge in [0.15, 0.2) is 0 Å². The number of carbonyl (C=O) groups is 2. The first kappa shape index (κ1) is 23.5. The van der Waals surface area contributed by atoms with Gasteiger partial charge in [-0.25, -0.2) is 12.8 Å². The van der Waals surface area contributed by atoms with Gasteiger partial charge in [-0.05, 0) is 42.5 Å². The van der Waals surface area contributed by atoms with Gasteiger partial charge in [-0.2, -0.15) is 0 Å². The SMILES string of the molecule is O=C(Cc1c(F)cccc1Cl)NNC(=O)c1cccc(S(=O)(=O)Nc2ccccc2Cl)c1. The summed E-state index contributed by atoms with van der Waals surface area (Å²) in [6.07, 6.45) is -0.401. The third-order valence-corrected chi connectivity index (χ3v) is 6.29. The van der Waals surface area contributed by atoms with Gasteiger partial charge in [-0.1, -0.05) is 47.5 Å². The molecule has 0 heterocycles. The number of hydrazine groups is 1. The molecule has 3 N–H and O–H groups in total. The van der Waals surface area contributed by atoms with Gasteiger partial charge in [0.2, 0.25) is 5.91 Å². The summed E-state index contributed by atoms with van der Waals surface area (Å²) in [5, 5.41) is 0.290. The van der Waals surface area contributed by atoms with Crippen molar-refractivity contribution in [3.63, 3.8) is 0 Å². The van der Waals surface area contributed by atoms with Gasteiger partial charge in [-0.3, -0.25) is 25.2 Å². The number of carbonyl (C=O) groups excluding carboxylic acids is 2. The van der Waals surface area contributed by atoms with Crippen LogP contribution in [0.1, 0.15) is 15.9 Å². The minimum Gasteiger partial charge on any atom is -0.278 e. The summed E-state index contributed by atoms with van der Waals surface area (Å²) >= 11 is 11.9. The second kappa shape index (κ2) is 9.99. The summed E-state index contributed by atoms with van der Waals surface area (Å²) in [7, 11) is -4.03. The van der Waals surface area contributed by atoms with E-state index in [1.807, 2.05) is 0 Å². The van der Waals surface area contributed by atoms with E-state index < -0.39 is 34.1 Å². The average molecular weight is 496 g/mol. The minimum absolute atomic E-state index is 0.0142. The molecule has 0 saturated heterocycles. The Balaban J connectivity index is 1.67. The van der Waals surface area contributed by atoms with Crippen LogP contribution >= 0.6 is 23.2 Å². The number of rotatable bonds is 6. The highest BCUT2D eigenvalue weighted by atomic mass is 35.5. The number of hydrogen-bond donors (Lipinski definition) is 3. The van der Waals surface area contributed by atoms with Crippen LogP contribution in [-0.4, -0.2) is 20.2 Å². The predicted octanol–water partition coefficient (Wildman–Crippen LogP) is 3.94. The smallest absolute Gasteiger partial charge is 0.269 e. The van der Waals surface area contributed by atoms with Crippen molar-refractivity contribution in [1.29, 1.82) is 0 Å². The molecule has 0 fully saturated rings. The molecule has 0 aliphatic heterocycles.